The molecule has 1 aliphatic rings. The molecule has 0 amide bonds. The standard InChI is InChI=1S/C32H38O4Si/c1-32(2,3)37(25-16-10-6-11-17-25,26-18-12-7-13-19-26)36-30-21-20-29(33)27(28(30)23-31(34)35-4)22-24-14-8-5-9-15-24/h5-19,27-28,30H,20-23H2,1-4H3/t27-,28+,30-/m0/s1. The van der Waals surface area contributed by atoms with Crippen LogP contribution in [0.2, 0.25) is 5.04 Å². The number of rotatable bonds is 8. The van der Waals surface area contributed by atoms with Crippen LogP contribution in [-0.4, -0.2) is 33.3 Å². The first-order valence-electron chi connectivity index (χ1n) is 13.2. The normalized spacial score (nSPS) is 20.4. The fourth-order valence-electron chi connectivity index (χ4n) is 5.93. The van der Waals surface area contributed by atoms with Crippen LogP contribution >= 0.6 is 0 Å². The summed E-state index contributed by atoms with van der Waals surface area (Å²) in [7, 11) is -1.43. The molecule has 0 bridgehead atoms. The van der Waals surface area contributed by atoms with Gasteiger partial charge in [0.15, 0.2) is 0 Å². The minimum atomic E-state index is -2.85. The first-order valence-corrected chi connectivity index (χ1v) is 15.1. The van der Waals surface area contributed by atoms with Gasteiger partial charge in [0.1, 0.15) is 5.78 Å². The summed E-state index contributed by atoms with van der Waals surface area (Å²) in [5.41, 5.74) is 1.10. The molecular formula is C32H38O4Si. The van der Waals surface area contributed by atoms with Crippen molar-refractivity contribution in [1.82, 2.24) is 0 Å². The van der Waals surface area contributed by atoms with E-state index >= 15 is 0 Å². The van der Waals surface area contributed by atoms with Gasteiger partial charge in [0.2, 0.25) is 0 Å². The third-order valence-electron chi connectivity index (χ3n) is 7.76. The molecule has 3 atom stereocenters. The number of ether oxygens (including phenoxy) is 1. The summed E-state index contributed by atoms with van der Waals surface area (Å²) in [6.45, 7) is 6.76. The van der Waals surface area contributed by atoms with Crippen LogP contribution in [0.3, 0.4) is 0 Å². The lowest BCUT2D eigenvalue weighted by molar-refractivity contribution is -0.145. The van der Waals surface area contributed by atoms with Crippen molar-refractivity contribution in [2.75, 3.05) is 7.11 Å². The van der Waals surface area contributed by atoms with Gasteiger partial charge in [-0.15, -0.1) is 0 Å². The van der Waals surface area contributed by atoms with Crippen molar-refractivity contribution in [1.29, 1.82) is 0 Å². The zero-order valence-electron chi connectivity index (χ0n) is 22.4. The Morgan fingerprint density at radius 1 is 0.865 bits per heavy atom. The summed E-state index contributed by atoms with van der Waals surface area (Å²) < 4.78 is 12.6. The lowest BCUT2D eigenvalue weighted by Crippen LogP contribution is -2.68. The first-order chi connectivity index (χ1) is 17.8. The molecule has 3 aromatic rings. The van der Waals surface area contributed by atoms with Gasteiger partial charge in [-0.2, -0.15) is 0 Å². The van der Waals surface area contributed by atoms with E-state index in [0.717, 1.165) is 5.56 Å². The summed E-state index contributed by atoms with van der Waals surface area (Å²) in [4.78, 5) is 26.0. The van der Waals surface area contributed by atoms with E-state index in [1.807, 2.05) is 30.3 Å². The molecule has 0 saturated heterocycles. The van der Waals surface area contributed by atoms with E-state index in [1.54, 1.807) is 0 Å². The number of benzene rings is 3. The van der Waals surface area contributed by atoms with Crippen molar-refractivity contribution in [3.05, 3.63) is 96.6 Å². The van der Waals surface area contributed by atoms with Crippen molar-refractivity contribution < 1.29 is 18.8 Å². The number of Topliss-reactive ketones (excluding diaryl/α,β-unsaturated/α-hetero) is 1. The van der Waals surface area contributed by atoms with Crippen molar-refractivity contribution >= 4 is 30.4 Å². The lowest BCUT2D eigenvalue weighted by Gasteiger charge is -2.48. The maximum absolute atomic E-state index is 13.3. The number of ketones is 1. The van der Waals surface area contributed by atoms with Crippen LogP contribution in [0.15, 0.2) is 91.0 Å². The predicted molar refractivity (Wildman–Crippen MR) is 150 cm³/mol. The Bertz CT molecular complexity index is 1130. The highest BCUT2D eigenvalue weighted by Crippen LogP contribution is 2.42. The molecule has 0 aromatic heterocycles. The smallest absolute Gasteiger partial charge is 0.305 e. The van der Waals surface area contributed by atoms with Crippen molar-refractivity contribution in [2.24, 2.45) is 11.8 Å². The van der Waals surface area contributed by atoms with Crippen LogP contribution in [0.4, 0.5) is 0 Å². The number of hydrogen-bond donors (Lipinski definition) is 0. The Morgan fingerprint density at radius 3 is 1.86 bits per heavy atom. The van der Waals surface area contributed by atoms with E-state index in [1.165, 1.54) is 17.5 Å². The third kappa shape index (κ3) is 5.78. The summed E-state index contributed by atoms with van der Waals surface area (Å²) in [6.07, 6.45) is 1.59. The van der Waals surface area contributed by atoms with Gasteiger partial charge in [-0.1, -0.05) is 112 Å². The largest absolute Gasteiger partial charge is 0.469 e. The molecule has 1 fully saturated rings. The second-order valence-electron chi connectivity index (χ2n) is 11.1. The van der Waals surface area contributed by atoms with E-state index in [-0.39, 0.29) is 41.2 Å². The summed E-state index contributed by atoms with van der Waals surface area (Å²) >= 11 is 0. The predicted octanol–water partition coefficient (Wildman–Crippen LogP) is 5.33. The van der Waals surface area contributed by atoms with E-state index in [2.05, 4.69) is 81.4 Å². The van der Waals surface area contributed by atoms with Gasteiger partial charge in [0.25, 0.3) is 8.32 Å². The molecule has 0 heterocycles. The summed E-state index contributed by atoms with van der Waals surface area (Å²) in [6, 6.07) is 31.1. The van der Waals surface area contributed by atoms with Gasteiger partial charge in [-0.05, 0) is 33.8 Å². The number of carbonyl (C=O) groups is 2. The number of carbonyl (C=O) groups excluding carboxylic acids is 2. The van der Waals surface area contributed by atoms with Crippen molar-refractivity contribution in [3.63, 3.8) is 0 Å². The highest BCUT2D eigenvalue weighted by molar-refractivity contribution is 6.99. The summed E-state index contributed by atoms with van der Waals surface area (Å²) in [5, 5.41) is 2.20. The van der Waals surface area contributed by atoms with Crippen molar-refractivity contribution in [2.45, 2.75) is 57.6 Å². The van der Waals surface area contributed by atoms with Crippen LogP contribution in [0.1, 0.15) is 45.6 Å². The molecule has 194 valence electrons. The fraction of sp³-hybridized carbons (Fsp3) is 0.375. The molecule has 0 aliphatic heterocycles. The first kappa shape index (κ1) is 27.0. The molecule has 5 heteroatoms. The molecule has 0 N–H and O–H groups in total. The third-order valence-corrected chi connectivity index (χ3v) is 12.8. The Kier molecular flexibility index (Phi) is 8.45. The molecule has 4 rings (SSSR count). The van der Waals surface area contributed by atoms with Crippen LogP contribution < -0.4 is 10.4 Å². The number of hydrogen-bond acceptors (Lipinski definition) is 4. The van der Waals surface area contributed by atoms with Crippen LogP contribution in [0, 0.1) is 11.8 Å². The van der Waals surface area contributed by atoms with E-state index < -0.39 is 8.32 Å². The molecule has 0 spiro atoms. The fourth-order valence-corrected chi connectivity index (χ4v) is 10.7. The Hall–Kier alpha value is -3.02. The van der Waals surface area contributed by atoms with Crippen LogP contribution in [0.5, 0.6) is 0 Å². The SMILES string of the molecule is COC(=O)C[C@H]1[C@@H](O[Si](c2ccccc2)(c2ccccc2)C(C)(C)C)CCC(=O)[C@H]1Cc1ccccc1. The second-order valence-corrected chi connectivity index (χ2v) is 15.3. The Morgan fingerprint density at radius 2 is 1.38 bits per heavy atom. The molecule has 37 heavy (non-hydrogen) atoms. The zero-order chi connectivity index (χ0) is 26.5. The summed E-state index contributed by atoms with van der Waals surface area (Å²) in [5.74, 6) is -0.636. The van der Waals surface area contributed by atoms with E-state index in [4.69, 9.17) is 9.16 Å². The average Bonchev–Trinajstić information content (AvgIpc) is 2.91. The molecule has 1 saturated carbocycles. The molecule has 3 aromatic carbocycles. The Balaban J connectivity index is 1.81. The van der Waals surface area contributed by atoms with E-state index in [0.29, 0.717) is 19.3 Å². The second kappa shape index (κ2) is 11.6. The molecule has 0 unspecified atom stereocenters. The van der Waals surface area contributed by atoms with Gasteiger partial charge in [-0.25, -0.2) is 0 Å². The number of esters is 1. The Labute approximate surface area is 222 Å². The van der Waals surface area contributed by atoms with E-state index in [9.17, 15) is 9.59 Å². The van der Waals surface area contributed by atoms with Gasteiger partial charge in [0, 0.05) is 18.3 Å². The minimum Gasteiger partial charge on any atom is -0.469 e. The lowest BCUT2D eigenvalue weighted by atomic mass is 9.72. The average molecular weight is 515 g/mol. The molecule has 0 radical (unpaired) electrons. The van der Waals surface area contributed by atoms with Gasteiger partial charge in [0.05, 0.1) is 19.6 Å². The molecule has 1 aliphatic carbocycles. The van der Waals surface area contributed by atoms with Crippen LogP contribution in [-0.2, 0) is 25.2 Å². The highest BCUT2D eigenvalue weighted by atomic mass is 28.4. The van der Waals surface area contributed by atoms with Crippen LogP contribution in [0.25, 0.3) is 0 Å². The number of methoxy groups -OCH3 is 1. The quantitative estimate of drug-likeness (QED) is 0.301. The maximum atomic E-state index is 13.3. The maximum Gasteiger partial charge on any atom is 0.305 e. The van der Waals surface area contributed by atoms with Gasteiger partial charge < -0.3 is 9.16 Å². The molecule has 4 nitrogen and oxygen atoms in total. The van der Waals surface area contributed by atoms with Crippen molar-refractivity contribution in [3.8, 4) is 0 Å². The monoisotopic (exact) mass is 514 g/mol. The zero-order valence-corrected chi connectivity index (χ0v) is 23.4. The van der Waals surface area contributed by atoms with Gasteiger partial charge >= 0.3 is 5.97 Å². The molecular weight excluding hydrogens is 476 g/mol. The minimum absolute atomic E-state index is 0.169. The highest BCUT2D eigenvalue weighted by Gasteiger charge is 2.53. The topological polar surface area (TPSA) is 52.6 Å². The van der Waals surface area contributed by atoms with Gasteiger partial charge in [-0.3, -0.25) is 9.59 Å².